The third kappa shape index (κ3) is 4.48. The normalized spacial score (nSPS) is 18.0. The van der Waals surface area contributed by atoms with E-state index in [1.807, 2.05) is 31.2 Å². The highest BCUT2D eigenvalue weighted by Crippen LogP contribution is 2.16. The van der Waals surface area contributed by atoms with Crippen molar-refractivity contribution >= 4 is 21.8 Å². The van der Waals surface area contributed by atoms with Crippen molar-refractivity contribution in [3.63, 3.8) is 0 Å². The van der Waals surface area contributed by atoms with E-state index in [9.17, 15) is 13.2 Å². The van der Waals surface area contributed by atoms with Gasteiger partial charge in [-0.1, -0.05) is 17.7 Å². The van der Waals surface area contributed by atoms with Gasteiger partial charge in [0.2, 0.25) is 0 Å². The van der Waals surface area contributed by atoms with Crippen LogP contribution in [0.1, 0.15) is 5.56 Å². The number of rotatable bonds is 5. The summed E-state index contributed by atoms with van der Waals surface area (Å²) in [6, 6.07) is 7.59. The maximum atomic E-state index is 12.1. The van der Waals surface area contributed by atoms with Gasteiger partial charge >= 0.3 is 5.97 Å². The molecule has 0 spiro atoms. The first-order valence-electron chi connectivity index (χ1n) is 7.79. The Morgan fingerprint density at radius 2 is 1.96 bits per heavy atom. The summed E-state index contributed by atoms with van der Waals surface area (Å²) in [6.45, 7) is 2.62. The highest BCUT2D eigenvalue weighted by atomic mass is 32.2. The van der Waals surface area contributed by atoms with Gasteiger partial charge in [0, 0.05) is 12.7 Å². The standard InChI is InChI=1S/C17H18N2O5S/c1-13-2-5-15(6-3-13)23-9-10-24-17(20)14-4-7-16-18-25(21,22)11-8-19(16)12-14/h2-7,12H,8-11H2,1H3. The van der Waals surface area contributed by atoms with Gasteiger partial charge < -0.3 is 14.4 Å². The summed E-state index contributed by atoms with van der Waals surface area (Å²) in [7, 11) is -3.40. The van der Waals surface area contributed by atoms with Crippen LogP contribution in [0.2, 0.25) is 0 Å². The third-order valence-corrected chi connectivity index (χ3v) is 4.83. The highest BCUT2D eigenvalue weighted by molar-refractivity contribution is 7.90. The van der Waals surface area contributed by atoms with Crippen molar-refractivity contribution < 1.29 is 22.7 Å². The zero-order chi connectivity index (χ0) is 17.9. The van der Waals surface area contributed by atoms with Gasteiger partial charge in [-0.2, -0.15) is 0 Å². The summed E-state index contributed by atoms with van der Waals surface area (Å²) in [5, 5.41) is 0. The molecule has 25 heavy (non-hydrogen) atoms. The maximum absolute atomic E-state index is 12.1. The molecule has 7 nitrogen and oxygen atoms in total. The maximum Gasteiger partial charge on any atom is 0.339 e. The van der Waals surface area contributed by atoms with E-state index in [2.05, 4.69) is 4.40 Å². The van der Waals surface area contributed by atoms with Crippen molar-refractivity contribution in [2.45, 2.75) is 6.92 Å². The van der Waals surface area contributed by atoms with Crippen LogP contribution < -0.4 is 4.74 Å². The molecule has 0 unspecified atom stereocenters. The van der Waals surface area contributed by atoms with E-state index < -0.39 is 16.0 Å². The number of ether oxygens (including phenoxy) is 2. The molecule has 0 bridgehead atoms. The van der Waals surface area contributed by atoms with Crippen LogP contribution in [0.15, 0.2) is 52.6 Å². The number of sulfonamides is 1. The van der Waals surface area contributed by atoms with Crippen LogP contribution in [0, 0.1) is 6.92 Å². The fourth-order valence-corrected chi connectivity index (χ4v) is 3.30. The molecule has 0 radical (unpaired) electrons. The van der Waals surface area contributed by atoms with Crippen LogP contribution in [0.3, 0.4) is 0 Å². The van der Waals surface area contributed by atoms with E-state index in [1.165, 1.54) is 12.2 Å². The SMILES string of the molecule is Cc1ccc(OCCOC(=O)C2=CN3CCS(=O)(=O)N=C3C=C2)cc1. The second-order valence-electron chi connectivity index (χ2n) is 5.64. The summed E-state index contributed by atoms with van der Waals surface area (Å²) in [4.78, 5) is 13.7. The topological polar surface area (TPSA) is 85.3 Å². The lowest BCUT2D eigenvalue weighted by Crippen LogP contribution is -2.37. The minimum absolute atomic E-state index is 0.0758. The Morgan fingerprint density at radius 3 is 2.72 bits per heavy atom. The van der Waals surface area contributed by atoms with E-state index in [0.717, 1.165) is 5.56 Å². The van der Waals surface area contributed by atoms with Crippen molar-refractivity contribution in [2.75, 3.05) is 25.5 Å². The number of esters is 1. The number of carbonyl (C=O) groups is 1. The van der Waals surface area contributed by atoms with E-state index >= 15 is 0 Å². The molecule has 132 valence electrons. The van der Waals surface area contributed by atoms with Crippen molar-refractivity contribution in [3.05, 3.63) is 53.8 Å². The molecule has 0 amide bonds. The monoisotopic (exact) mass is 362 g/mol. The molecule has 2 aliphatic rings. The highest BCUT2D eigenvalue weighted by Gasteiger charge is 2.25. The summed E-state index contributed by atoms with van der Waals surface area (Å²) in [6.07, 6.45) is 4.55. The lowest BCUT2D eigenvalue weighted by molar-refractivity contribution is -0.139. The summed E-state index contributed by atoms with van der Waals surface area (Å²) in [5.41, 5.74) is 1.48. The van der Waals surface area contributed by atoms with Crippen LogP contribution in [0.25, 0.3) is 0 Å². The second kappa shape index (κ2) is 7.10. The first-order chi connectivity index (χ1) is 11.9. The zero-order valence-electron chi connectivity index (χ0n) is 13.7. The third-order valence-electron chi connectivity index (χ3n) is 3.67. The predicted octanol–water partition coefficient (Wildman–Crippen LogP) is 1.41. The Hall–Kier alpha value is -2.61. The van der Waals surface area contributed by atoms with Gasteiger partial charge in [0.05, 0.1) is 11.3 Å². The number of hydrogen-bond acceptors (Lipinski definition) is 6. The van der Waals surface area contributed by atoms with Gasteiger partial charge in [-0.05, 0) is 31.2 Å². The van der Waals surface area contributed by atoms with Crippen molar-refractivity contribution in [2.24, 2.45) is 4.40 Å². The number of benzene rings is 1. The molecule has 0 aliphatic carbocycles. The first kappa shape index (κ1) is 17.2. The molecule has 2 heterocycles. The second-order valence-corrected chi connectivity index (χ2v) is 7.40. The Kier molecular flexibility index (Phi) is 4.89. The first-order valence-corrected chi connectivity index (χ1v) is 9.40. The number of hydrogen-bond donors (Lipinski definition) is 0. The van der Waals surface area contributed by atoms with Crippen LogP contribution >= 0.6 is 0 Å². The van der Waals surface area contributed by atoms with Crippen LogP contribution in [0.4, 0.5) is 0 Å². The summed E-state index contributed by atoms with van der Waals surface area (Å²) >= 11 is 0. The van der Waals surface area contributed by atoms with Gasteiger partial charge in [-0.15, -0.1) is 4.40 Å². The molecular formula is C17H18N2O5S. The minimum atomic E-state index is -3.40. The molecule has 8 heteroatoms. The largest absolute Gasteiger partial charge is 0.490 e. The van der Waals surface area contributed by atoms with E-state index in [-0.39, 0.29) is 25.5 Å². The van der Waals surface area contributed by atoms with Gasteiger partial charge in [-0.3, -0.25) is 0 Å². The van der Waals surface area contributed by atoms with Crippen LogP contribution in [0.5, 0.6) is 5.75 Å². The number of amidine groups is 1. The lowest BCUT2D eigenvalue weighted by Gasteiger charge is -2.26. The molecule has 0 N–H and O–H groups in total. The molecule has 1 aromatic carbocycles. The molecular weight excluding hydrogens is 344 g/mol. The fraction of sp³-hybridized carbons (Fsp3) is 0.294. The van der Waals surface area contributed by atoms with Crippen LogP contribution in [-0.4, -0.2) is 50.6 Å². The summed E-state index contributed by atoms with van der Waals surface area (Å²) in [5.74, 6) is 0.462. The average molecular weight is 362 g/mol. The van der Waals surface area contributed by atoms with Crippen molar-refractivity contribution in [1.29, 1.82) is 0 Å². The molecule has 3 rings (SSSR count). The molecule has 1 aromatic rings. The molecule has 0 saturated heterocycles. The predicted molar refractivity (Wildman–Crippen MR) is 92.8 cm³/mol. The van der Waals surface area contributed by atoms with E-state index in [1.54, 1.807) is 11.1 Å². The smallest absolute Gasteiger partial charge is 0.339 e. The Bertz CT molecular complexity index is 854. The number of fused-ring (bicyclic) bond motifs is 1. The van der Waals surface area contributed by atoms with Gasteiger partial charge in [0.15, 0.2) is 0 Å². The van der Waals surface area contributed by atoms with Gasteiger partial charge in [-0.25, -0.2) is 13.2 Å². The zero-order valence-corrected chi connectivity index (χ0v) is 14.5. The number of aryl methyl sites for hydroxylation is 1. The summed E-state index contributed by atoms with van der Waals surface area (Å²) < 4.78 is 37.2. The van der Waals surface area contributed by atoms with Gasteiger partial charge in [0.1, 0.15) is 24.8 Å². The van der Waals surface area contributed by atoms with Gasteiger partial charge in [0.25, 0.3) is 10.0 Å². The molecule has 0 atom stereocenters. The molecule has 0 saturated carbocycles. The minimum Gasteiger partial charge on any atom is -0.490 e. The Morgan fingerprint density at radius 1 is 1.20 bits per heavy atom. The van der Waals surface area contributed by atoms with E-state index in [4.69, 9.17) is 9.47 Å². The fourth-order valence-electron chi connectivity index (χ4n) is 2.33. The molecule has 0 aromatic heterocycles. The average Bonchev–Trinajstić information content (AvgIpc) is 2.59. The number of carbonyl (C=O) groups excluding carboxylic acids is 1. The lowest BCUT2D eigenvalue weighted by atomic mass is 10.2. The van der Waals surface area contributed by atoms with Crippen molar-refractivity contribution in [3.8, 4) is 5.75 Å². The Balaban J connectivity index is 1.50. The van der Waals surface area contributed by atoms with Crippen molar-refractivity contribution in [1.82, 2.24) is 4.90 Å². The Labute approximate surface area is 146 Å². The van der Waals surface area contributed by atoms with Crippen LogP contribution in [-0.2, 0) is 19.6 Å². The number of nitrogens with zero attached hydrogens (tertiary/aromatic N) is 2. The molecule has 0 fully saturated rings. The quantitative estimate of drug-likeness (QED) is 0.582. The molecule has 2 aliphatic heterocycles. The van der Waals surface area contributed by atoms with E-state index in [0.29, 0.717) is 17.2 Å².